The van der Waals surface area contributed by atoms with Crippen molar-refractivity contribution in [1.82, 2.24) is 10.2 Å². The maximum atomic E-state index is 14.0. The van der Waals surface area contributed by atoms with Gasteiger partial charge in [0, 0.05) is 24.0 Å². The average Bonchev–Trinajstić information content (AvgIpc) is 2.90. The molecule has 0 saturated carbocycles. The van der Waals surface area contributed by atoms with Gasteiger partial charge in [-0.25, -0.2) is 12.8 Å². The summed E-state index contributed by atoms with van der Waals surface area (Å²) in [6.45, 7) is 3.16. The van der Waals surface area contributed by atoms with Crippen molar-refractivity contribution in [2.75, 3.05) is 17.1 Å². The van der Waals surface area contributed by atoms with Crippen LogP contribution in [-0.2, 0) is 32.6 Å². The third kappa shape index (κ3) is 8.68. The number of nitrogens with zero attached hydrogens (tertiary/aromatic N) is 2. The Morgan fingerprint density at radius 1 is 0.975 bits per heavy atom. The van der Waals surface area contributed by atoms with Gasteiger partial charge in [0.15, 0.2) is 0 Å². The van der Waals surface area contributed by atoms with Crippen LogP contribution in [-0.4, -0.2) is 50.0 Å². The second kappa shape index (κ2) is 14.0. The number of hydrogen-bond donors (Lipinski definition) is 1. The lowest BCUT2D eigenvalue weighted by molar-refractivity contribution is -0.140. The number of benzene rings is 3. The van der Waals surface area contributed by atoms with E-state index in [2.05, 4.69) is 5.32 Å². The summed E-state index contributed by atoms with van der Waals surface area (Å²) in [6.07, 6.45) is 1.81. The predicted octanol–water partition coefficient (Wildman–Crippen LogP) is 5.45. The predicted molar refractivity (Wildman–Crippen MR) is 157 cm³/mol. The van der Waals surface area contributed by atoms with E-state index in [4.69, 9.17) is 23.2 Å². The smallest absolute Gasteiger partial charge is 0.244 e. The number of halogens is 3. The average molecular weight is 609 g/mol. The topological polar surface area (TPSA) is 86.8 Å². The number of sulfonamides is 1. The first kappa shape index (κ1) is 31.4. The van der Waals surface area contributed by atoms with Crippen LogP contribution in [0.4, 0.5) is 10.1 Å². The lowest BCUT2D eigenvalue weighted by Crippen LogP contribution is -2.54. The van der Waals surface area contributed by atoms with Crippen LogP contribution < -0.4 is 9.62 Å². The zero-order valence-electron chi connectivity index (χ0n) is 22.5. The molecule has 7 nitrogen and oxygen atoms in total. The van der Waals surface area contributed by atoms with E-state index >= 15 is 0 Å². The summed E-state index contributed by atoms with van der Waals surface area (Å²) in [5.41, 5.74) is 1.50. The van der Waals surface area contributed by atoms with E-state index in [-0.39, 0.29) is 35.6 Å². The van der Waals surface area contributed by atoms with Gasteiger partial charge in [-0.1, -0.05) is 72.6 Å². The van der Waals surface area contributed by atoms with Crippen LogP contribution >= 0.6 is 23.2 Å². The highest BCUT2D eigenvalue weighted by molar-refractivity contribution is 7.92. The summed E-state index contributed by atoms with van der Waals surface area (Å²) < 4.78 is 40.3. The molecule has 214 valence electrons. The Labute approximate surface area is 244 Å². The van der Waals surface area contributed by atoms with Crippen molar-refractivity contribution in [2.45, 2.75) is 45.3 Å². The summed E-state index contributed by atoms with van der Waals surface area (Å²) in [7, 11) is -4.00. The molecule has 0 heterocycles. The van der Waals surface area contributed by atoms with Gasteiger partial charge in [0.2, 0.25) is 21.8 Å². The van der Waals surface area contributed by atoms with Crippen molar-refractivity contribution in [3.05, 3.63) is 99.8 Å². The number of rotatable bonds is 12. The fourth-order valence-corrected chi connectivity index (χ4v) is 5.31. The molecule has 0 aromatic heterocycles. The van der Waals surface area contributed by atoms with Gasteiger partial charge in [-0.2, -0.15) is 0 Å². The Bertz CT molecular complexity index is 1440. The van der Waals surface area contributed by atoms with E-state index in [1.807, 2.05) is 44.2 Å². The molecule has 3 aromatic carbocycles. The zero-order chi connectivity index (χ0) is 29.4. The van der Waals surface area contributed by atoms with E-state index in [0.717, 1.165) is 28.3 Å². The van der Waals surface area contributed by atoms with Crippen LogP contribution in [0.5, 0.6) is 0 Å². The van der Waals surface area contributed by atoms with Crippen LogP contribution in [0.3, 0.4) is 0 Å². The number of carbonyl (C=O) groups excluding carboxylic acids is 2. The number of nitrogens with one attached hydrogen (secondary N) is 1. The Kier molecular flexibility index (Phi) is 11.0. The molecule has 1 N–H and O–H groups in total. The number of anilines is 1. The number of hydrogen-bond acceptors (Lipinski definition) is 4. The highest BCUT2D eigenvalue weighted by Crippen LogP contribution is 2.25. The first-order valence-electron chi connectivity index (χ1n) is 12.7. The van der Waals surface area contributed by atoms with Gasteiger partial charge in [-0.05, 0) is 54.8 Å². The molecule has 0 unspecified atom stereocenters. The monoisotopic (exact) mass is 607 g/mol. The van der Waals surface area contributed by atoms with Crippen LogP contribution in [0.2, 0.25) is 10.0 Å². The second-order valence-electron chi connectivity index (χ2n) is 9.54. The van der Waals surface area contributed by atoms with Crippen LogP contribution in [0.25, 0.3) is 0 Å². The Morgan fingerprint density at radius 3 is 2.25 bits per heavy atom. The molecule has 3 aromatic rings. The highest BCUT2D eigenvalue weighted by Gasteiger charge is 2.33. The molecule has 40 heavy (non-hydrogen) atoms. The largest absolute Gasteiger partial charge is 0.352 e. The van der Waals surface area contributed by atoms with Gasteiger partial charge in [0.25, 0.3) is 0 Å². The standard InChI is InChI=1S/C29H32Cl2FN3O4S/c1-4-20(2)33-29(37)27(16-21-9-6-5-7-10-21)34(18-22-11-8-12-23(30)15-22)28(36)19-35(40(3,38)39)24-13-14-26(32)25(31)17-24/h5-15,17,20,27H,4,16,18-19H2,1-3H3,(H,33,37)/t20-,27+/m1/s1. The van der Waals surface area contributed by atoms with Crippen LogP contribution in [0.15, 0.2) is 72.8 Å². The molecule has 2 amide bonds. The first-order valence-corrected chi connectivity index (χ1v) is 15.3. The molecular weight excluding hydrogens is 576 g/mol. The first-order chi connectivity index (χ1) is 18.9. The Hall–Kier alpha value is -3.14. The quantitative estimate of drug-likeness (QED) is 0.296. The molecule has 3 rings (SSSR count). The Balaban J connectivity index is 2.07. The van der Waals surface area contributed by atoms with E-state index < -0.39 is 34.3 Å². The fourth-order valence-electron chi connectivity index (χ4n) is 4.08. The minimum atomic E-state index is -4.00. The molecule has 0 aliphatic carbocycles. The van der Waals surface area contributed by atoms with E-state index in [9.17, 15) is 22.4 Å². The molecule has 2 atom stereocenters. The van der Waals surface area contributed by atoms with E-state index in [0.29, 0.717) is 17.0 Å². The molecular formula is C29H32Cl2FN3O4S. The molecule has 0 radical (unpaired) electrons. The van der Waals surface area contributed by atoms with Gasteiger partial charge < -0.3 is 10.2 Å². The minimum Gasteiger partial charge on any atom is -0.352 e. The van der Waals surface area contributed by atoms with Gasteiger partial charge in [-0.15, -0.1) is 0 Å². The maximum absolute atomic E-state index is 14.0. The van der Waals surface area contributed by atoms with E-state index in [1.54, 1.807) is 24.3 Å². The zero-order valence-corrected chi connectivity index (χ0v) is 24.8. The summed E-state index contributed by atoms with van der Waals surface area (Å²) in [5, 5.41) is 3.12. The molecule has 0 saturated heterocycles. The fraction of sp³-hybridized carbons (Fsp3) is 0.310. The second-order valence-corrected chi connectivity index (χ2v) is 12.3. The van der Waals surface area contributed by atoms with Crippen LogP contribution in [0.1, 0.15) is 31.4 Å². The van der Waals surface area contributed by atoms with Crippen LogP contribution in [0, 0.1) is 5.82 Å². The third-order valence-corrected chi connectivity index (χ3v) is 8.05. The Morgan fingerprint density at radius 2 is 1.65 bits per heavy atom. The van der Waals surface area contributed by atoms with Gasteiger partial charge in [0.05, 0.1) is 17.0 Å². The number of carbonyl (C=O) groups is 2. The maximum Gasteiger partial charge on any atom is 0.244 e. The van der Waals surface area contributed by atoms with Gasteiger partial charge in [0.1, 0.15) is 18.4 Å². The minimum absolute atomic E-state index is 0.00735. The molecule has 0 spiro atoms. The molecule has 0 bridgehead atoms. The lowest BCUT2D eigenvalue weighted by atomic mass is 10.0. The molecule has 0 fully saturated rings. The summed E-state index contributed by atoms with van der Waals surface area (Å²) in [6, 6.07) is 18.4. The van der Waals surface area contributed by atoms with Gasteiger partial charge >= 0.3 is 0 Å². The number of amides is 2. The van der Waals surface area contributed by atoms with Crippen molar-refractivity contribution in [3.8, 4) is 0 Å². The molecule has 0 aliphatic rings. The molecule has 0 aliphatic heterocycles. The lowest BCUT2D eigenvalue weighted by Gasteiger charge is -2.34. The summed E-state index contributed by atoms with van der Waals surface area (Å²) in [4.78, 5) is 29.0. The SMILES string of the molecule is CC[C@@H](C)NC(=O)[C@H](Cc1ccccc1)N(Cc1cccc(Cl)c1)C(=O)CN(c1ccc(F)c(Cl)c1)S(C)(=O)=O. The molecule has 11 heteroatoms. The van der Waals surface area contributed by atoms with Crippen molar-refractivity contribution >= 4 is 50.7 Å². The summed E-state index contributed by atoms with van der Waals surface area (Å²) >= 11 is 12.1. The van der Waals surface area contributed by atoms with E-state index in [1.165, 1.54) is 11.0 Å². The normalized spacial score (nSPS) is 12.8. The summed E-state index contributed by atoms with van der Waals surface area (Å²) in [5.74, 6) is -1.73. The highest BCUT2D eigenvalue weighted by atomic mass is 35.5. The van der Waals surface area contributed by atoms with Crippen molar-refractivity contribution in [2.24, 2.45) is 0 Å². The van der Waals surface area contributed by atoms with Crippen molar-refractivity contribution in [1.29, 1.82) is 0 Å². The van der Waals surface area contributed by atoms with Crippen molar-refractivity contribution in [3.63, 3.8) is 0 Å². The van der Waals surface area contributed by atoms with Crippen molar-refractivity contribution < 1.29 is 22.4 Å². The van der Waals surface area contributed by atoms with Gasteiger partial charge in [-0.3, -0.25) is 13.9 Å². The third-order valence-electron chi connectivity index (χ3n) is 6.38.